The van der Waals surface area contributed by atoms with Gasteiger partial charge in [0.2, 0.25) is 0 Å². The van der Waals surface area contributed by atoms with E-state index in [9.17, 15) is 22.8 Å². The third-order valence-corrected chi connectivity index (χ3v) is 3.58. The summed E-state index contributed by atoms with van der Waals surface area (Å²) in [5.41, 5.74) is -2.83. The van der Waals surface area contributed by atoms with E-state index < -0.39 is 23.3 Å². The van der Waals surface area contributed by atoms with Gasteiger partial charge in [-0.25, -0.2) is 5.10 Å². The molecule has 0 aliphatic carbocycles. The van der Waals surface area contributed by atoms with Gasteiger partial charge in [-0.2, -0.15) is 18.3 Å². The molecule has 128 valence electrons. The van der Waals surface area contributed by atoms with Crippen LogP contribution in [-0.4, -0.2) is 47.1 Å². The molecular formula is C13H16F3N3O4. The molecule has 1 fully saturated rings. The number of aromatic amines is 1. The number of hydrogen-bond acceptors (Lipinski definition) is 5. The molecular weight excluding hydrogens is 319 g/mol. The second kappa shape index (κ2) is 6.99. The number of anilines is 1. The number of halogens is 3. The van der Waals surface area contributed by atoms with Crippen LogP contribution < -0.4 is 10.5 Å². The Hall–Kier alpha value is -2.10. The van der Waals surface area contributed by atoms with Gasteiger partial charge < -0.3 is 14.7 Å². The van der Waals surface area contributed by atoms with Crippen LogP contribution in [0, 0.1) is 0 Å². The van der Waals surface area contributed by atoms with E-state index in [1.165, 1.54) is 4.90 Å². The first-order valence-electron chi connectivity index (χ1n) is 7.01. The average Bonchev–Trinajstić information content (AvgIpc) is 2.90. The van der Waals surface area contributed by atoms with Crippen molar-refractivity contribution < 1.29 is 27.8 Å². The molecule has 1 saturated heterocycles. The Balaban J connectivity index is 2.16. The Labute approximate surface area is 129 Å². The molecule has 0 saturated carbocycles. The number of alkyl halides is 3. The van der Waals surface area contributed by atoms with Gasteiger partial charge in [-0.15, -0.1) is 0 Å². The highest BCUT2D eigenvalue weighted by Gasteiger charge is 2.40. The van der Waals surface area contributed by atoms with Crippen molar-refractivity contribution in [2.45, 2.75) is 31.5 Å². The molecule has 2 N–H and O–H groups in total. The van der Waals surface area contributed by atoms with Gasteiger partial charge >= 0.3 is 12.1 Å². The van der Waals surface area contributed by atoms with Crippen LogP contribution in [0.2, 0.25) is 0 Å². The summed E-state index contributed by atoms with van der Waals surface area (Å²) in [4.78, 5) is 23.4. The maximum Gasteiger partial charge on any atom is 0.423 e. The minimum Gasteiger partial charge on any atom is -0.481 e. The van der Waals surface area contributed by atoms with E-state index in [2.05, 4.69) is 5.10 Å². The molecule has 0 radical (unpaired) electrons. The third kappa shape index (κ3) is 4.21. The molecule has 1 aliphatic rings. The molecule has 1 aromatic heterocycles. The third-order valence-electron chi connectivity index (χ3n) is 3.58. The molecule has 1 aliphatic heterocycles. The van der Waals surface area contributed by atoms with Crippen molar-refractivity contribution in [1.82, 2.24) is 10.2 Å². The number of nitrogens with one attached hydrogen (secondary N) is 1. The van der Waals surface area contributed by atoms with E-state index in [1.807, 2.05) is 0 Å². The average molecular weight is 335 g/mol. The molecule has 2 rings (SSSR count). The maximum atomic E-state index is 13.1. The van der Waals surface area contributed by atoms with Crippen LogP contribution in [0.4, 0.5) is 18.9 Å². The molecule has 1 atom stereocenters. The first-order chi connectivity index (χ1) is 10.8. The SMILES string of the molecule is O=C(O)CCOC[C@@H]1CCCN1c1cn[nH]c(=O)c1C(F)(F)F. The van der Waals surface area contributed by atoms with E-state index in [4.69, 9.17) is 9.84 Å². The lowest BCUT2D eigenvalue weighted by Crippen LogP contribution is -2.37. The number of aromatic nitrogens is 2. The summed E-state index contributed by atoms with van der Waals surface area (Å²) in [6.45, 7) is 0.429. The lowest BCUT2D eigenvalue weighted by atomic mass is 10.2. The number of H-pyrrole nitrogens is 1. The molecule has 0 bridgehead atoms. The Morgan fingerprint density at radius 1 is 1.52 bits per heavy atom. The maximum absolute atomic E-state index is 13.1. The number of carboxylic acids is 1. The number of carboxylic acid groups (broad SMARTS) is 1. The molecule has 2 heterocycles. The van der Waals surface area contributed by atoms with Crippen molar-refractivity contribution in [1.29, 1.82) is 0 Å². The van der Waals surface area contributed by atoms with Gasteiger partial charge in [0.05, 0.1) is 37.6 Å². The highest BCUT2D eigenvalue weighted by molar-refractivity contribution is 5.66. The molecule has 7 nitrogen and oxygen atoms in total. The largest absolute Gasteiger partial charge is 0.481 e. The van der Waals surface area contributed by atoms with Gasteiger partial charge in [0, 0.05) is 6.54 Å². The molecule has 23 heavy (non-hydrogen) atoms. The second-order valence-electron chi connectivity index (χ2n) is 5.17. The standard InChI is InChI=1S/C13H16F3N3O4/c14-13(15,16)11-9(6-17-18-12(11)22)19-4-1-2-8(19)7-23-5-3-10(20)21/h6,8H,1-5,7H2,(H,18,22)(H,20,21)/t8-/m0/s1. The zero-order valence-corrected chi connectivity index (χ0v) is 12.1. The Bertz CT molecular complexity index is 617. The molecule has 1 aromatic rings. The zero-order valence-electron chi connectivity index (χ0n) is 12.1. The van der Waals surface area contributed by atoms with Gasteiger partial charge in [0.1, 0.15) is 5.56 Å². The fourth-order valence-electron chi connectivity index (χ4n) is 2.59. The van der Waals surface area contributed by atoms with Crippen LogP contribution in [0.25, 0.3) is 0 Å². The number of rotatable bonds is 6. The van der Waals surface area contributed by atoms with Gasteiger partial charge in [-0.3, -0.25) is 9.59 Å². The van der Waals surface area contributed by atoms with E-state index in [1.54, 1.807) is 5.10 Å². The zero-order chi connectivity index (χ0) is 17.0. The fourth-order valence-corrected chi connectivity index (χ4v) is 2.59. The number of hydrogen-bond donors (Lipinski definition) is 2. The Morgan fingerprint density at radius 3 is 2.91 bits per heavy atom. The van der Waals surface area contributed by atoms with E-state index in [-0.39, 0.29) is 31.4 Å². The smallest absolute Gasteiger partial charge is 0.423 e. The fraction of sp³-hybridized carbons (Fsp3) is 0.615. The molecule has 0 amide bonds. The predicted octanol–water partition coefficient (Wildman–Crippen LogP) is 1.25. The van der Waals surface area contributed by atoms with Gasteiger partial charge in [0.25, 0.3) is 5.56 Å². The minimum absolute atomic E-state index is 0.0145. The summed E-state index contributed by atoms with van der Waals surface area (Å²) in [5, 5.41) is 13.8. The summed E-state index contributed by atoms with van der Waals surface area (Å²) in [5.74, 6) is -1.01. The quantitative estimate of drug-likeness (QED) is 0.760. The second-order valence-corrected chi connectivity index (χ2v) is 5.17. The highest BCUT2D eigenvalue weighted by atomic mass is 19.4. The summed E-state index contributed by atoms with van der Waals surface area (Å²) in [7, 11) is 0. The molecule has 0 unspecified atom stereocenters. The topological polar surface area (TPSA) is 95.5 Å². The molecule has 10 heteroatoms. The van der Waals surface area contributed by atoms with Crippen molar-refractivity contribution in [2.75, 3.05) is 24.7 Å². The van der Waals surface area contributed by atoms with Gasteiger partial charge in [-0.05, 0) is 12.8 Å². The summed E-state index contributed by atoms with van der Waals surface area (Å²) < 4.78 is 44.6. The first-order valence-corrected chi connectivity index (χ1v) is 7.01. The van der Waals surface area contributed by atoms with Crippen LogP contribution in [0.5, 0.6) is 0 Å². The molecule has 0 aromatic carbocycles. The monoisotopic (exact) mass is 335 g/mol. The van der Waals surface area contributed by atoms with Crippen LogP contribution in [0.1, 0.15) is 24.8 Å². The lowest BCUT2D eigenvalue weighted by Gasteiger charge is -2.28. The van der Waals surface area contributed by atoms with Crippen molar-refractivity contribution in [3.63, 3.8) is 0 Å². The van der Waals surface area contributed by atoms with Crippen molar-refractivity contribution in [3.8, 4) is 0 Å². The Morgan fingerprint density at radius 2 is 2.26 bits per heavy atom. The van der Waals surface area contributed by atoms with E-state index >= 15 is 0 Å². The highest BCUT2D eigenvalue weighted by Crippen LogP contribution is 2.36. The minimum atomic E-state index is -4.79. The number of ether oxygens (including phenoxy) is 1. The van der Waals surface area contributed by atoms with Gasteiger partial charge in [-0.1, -0.05) is 0 Å². The lowest BCUT2D eigenvalue weighted by molar-refractivity contribution is -0.139. The summed E-state index contributed by atoms with van der Waals surface area (Å²) in [6.07, 6.45) is -2.73. The van der Waals surface area contributed by atoms with Crippen molar-refractivity contribution in [2.24, 2.45) is 0 Å². The predicted molar refractivity (Wildman–Crippen MR) is 73.3 cm³/mol. The van der Waals surface area contributed by atoms with Gasteiger partial charge in [0.15, 0.2) is 0 Å². The van der Waals surface area contributed by atoms with Crippen LogP contribution >= 0.6 is 0 Å². The first kappa shape index (κ1) is 17.3. The van der Waals surface area contributed by atoms with Crippen molar-refractivity contribution in [3.05, 3.63) is 22.1 Å². The van der Waals surface area contributed by atoms with Crippen LogP contribution in [0.15, 0.2) is 11.0 Å². The molecule has 0 spiro atoms. The van der Waals surface area contributed by atoms with E-state index in [0.717, 1.165) is 6.20 Å². The Kier molecular flexibility index (Phi) is 5.24. The number of carbonyl (C=O) groups is 1. The van der Waals surface area contributed by atoms with Crippen LogP contribution in [0.3, 0.4) is 0 Å². The van der Waals surface area contributed by atoms with E-state index in [0.29, 0.717) is 19.4 Å². The van der Waals surface area contributed by atoms with Crippen LogP contribution in [-0.2, 0) is 15.7 Å². The summed E-state index contributed by atoms with van der Waals surface area (Å²) in [6, 6.07) is -0.353. The number of aliphatic carboxylic acids is 1. The number of nitrogens with zero attached hydrogens (tertiary/aromatic N) is 2. The summed E-state index contributed by atoms with van der Waals surface area (Å²) >= 11 is 0. The van der Waals surface area contributed by atoms with Crippen molar-refractivity contribution >= 4 is 11.7 Å². The normalized spacial score (nSPS) is 18.4.